The summed E-state index contributed by atoms with van der Waals surface area (Å²) >= 11 is 1.35. The number of imidazole rings is 1. The van der Waals surface area contributed by atoms with Crippen LogP contribution in [0.4, 0.5) is 0 Å². The molecule has 5 nitrogen and oxygen atoms in total. The Labute approximate surface area is 84.8 Å². The third-order valence-corrected chi connectivity index (χ3v) is 2.50. The van der Waals surface area contributed by atoms with E-state index < -0.39 is 0 Å². The van der Waals surface area contributed by atoms with Gasteiger partial charge in [0, 0.05) is 0 Å². The lowest BCUT2D eigenvalue weighted by molar-refractivity contribution is 0.983. The molecule has 1 unspecified atom stereocenters. The molecule has 0 saturated heterocycles. The Morgan fingerprint density at radius 2 is 2.43 bits per heavy atom. The normalized spacial score (nSPS) is 12.9. The second-order valence-corrected chi connectivity index (χ2v) is 3.76. The Kier molecular flexibility index (Phi) is 2.47. The van der Waals surface area contributed by atoms with Crippen molar-refractivity contribution in [2.45, 2.75) is 10.5 Å². The van der Waals surface area contributed by atoms with Crippen LogP contribution < -0.4 is 5.73 Å². The summed E-state index contributed by atoms with van der Waals surface area (Å²) in [6.45, 7) is 3.59. The first-order valence-electron chi connectivity index (χ1n) is 4.00. The van der Waals surface area contributed by atoms with Crippen LogP contribution in [-0.4, -0.2) is 25.3 Å². The van der Waals surface area contributed by atoms with Gasteiger partial charge in [-0.25, -0.2) is 15.0 Å². The SMILES string of the molecule is C=CC(N)Sc1ncc2[nH]cnc2n1. The van der Waals surface area contributed by atoms with Crippen molar-refractivity contribution >= 4 is 22.9 Å². The maximum Gasteiger partial charge on any atom is 0.191 e. The first-order chi connectivity index (χ1) is 6.79. The number of aromatic nitrogens is 4. The summed E-state index contributed by atoms with van der Waals surface area (Å²) in [5.41, 5.74) is 7.13. The standard InChI is InChI=1S/C8H9N5S/c1-2-6(9)14-8-10-3-5-7(13-8)12-4-11-5/h2-4,6H,1,9H2,(H,10,11,12,13). The topological polar surface area (TPSA) is 80.5 Å². The highest BCUT2D eigenvalue weighted by Crippen LogP contribution is 2.17. The number of hydrogen-bond acceptors (Lipinski definition) is 5. The predicted octanol–water partition coefficient (Wildman–Crippen LogP) is 0.916. The molecule has 14 heavy (non-hydrogen) atoms. The van der Waals surface area contributed by atoms with Crippen molar-refractivity contribution in [2.24, 2.45) is 5.73 Å². The molecular formula is C8H9N5S. The van der Waals surface area contributed by atoms with Gasteiger partial charge in [-0.2, -0.15) is 0 Å². The summed E-state index contributed by atoms with van der Waals surface area (Å²) in [6, 6.07) is 0. The number of nitrogens with two attached hydrogens (primary N) is 1. The molecule has 1 atom stereocenters. The second kappa shape index (κ2) is 3.77. The quantitative estimate of drug-likeness (QED) is 0.338. The largest absolute Gasteiger partial charge is 0.342 e. The van der Waals surface area contributed by atoms with Gasteiger partial charge in [-0.15, -0.1) is 6.58 Å². The summed E-state index contributed by atoms with van der Waals surface area (Å²) in [5, 5.41) is 0.420. The summed E-state index contributed by atoms with van der Waals surface area (Å²) in [5.74, 6) is 0. The minimum absolute atomic E-state index is 0.189. The van der Waals surface area contributed by atoms with Crippen LogP contribution >= 0.6 is 11.8 Å². The van der Waals surface area contributed by atoms with Gasteiger partial charge in [0.25, 0.3) is 0 Å². The average molecular weight is 207 g/mol. The first-order valence-corrected chi connectivity index (χ1v) is 4.88. The number of nitrogens with zero attached hydrogens (tertiary/aromatic N) is 3. The zero-order valence-corrected chi connectivity index (χ0v) is 8.16. The Morgan fingerprint density at radius 3 is 3.21 bits per heavy atom. The number of rotatable bonds is 3. The highest BCUT2D eigenvalue weighted by atomic mass is 32.2. The number of aromatic amines is 1. The Hall–Kier alpha value is -1.40. The Morgan fingerprint density at radius 1 is 1.57 bits per heavy atom. The monoisotopic (exact) mass is 207 g/mol. The van der Waals surface area contributed by atoms with Crippen LogP contribution in [0, 0.1) is 0 Å². The van der Waals surface area contributed by atoms with Gasteiger partial charge in [0.1, 0.15) is 5.52 Å². The summed E-state index contributed by atoms with van der Waals surface area (Å²) in [4.78, 5) is 15.3. The highest BCUT2D eigenvalue weighted by Gasteiger charge is 2.05. The van der Waals surface area contributed by atoms with Gasteiger partial charge in [-0.3, -0.25) is 0 Å². The van der Waals surface area contributed by atoms with Crippen LogP contribution in [0.1, 0.15) is 0 Å². The summed E-state index contributed by atoms with van der Waals surface area (Å²) in [7, 11) is 0. The molecule has 0 amide bonds. The molecule has 0 spiro atoms. The van der Waals surface area contributed by atoms with Gasteiger partial charge in [0.2, 0.25) is 0 Å². The average Bonchev–Trinajstić information content (AvgIpc) is 2.64. The summed E-state index contributed by atoms with van der Waals surface area (Å²) in [6.07, 6.45) is 4.91. The smallest absolute Gasteiger partial charge is 0.191 e. The number of fused-ring (bicyclic) bond motifs is 1. The molecule has 0 aliphatic heterocycles. The molecule has 0 fully saturated rings. The van der Waals surface area contributed by atoms with Gasteiger partial charge >= 0.3 is 0 Å². The molecule has 2 aromatic rings. The van der Waals surface area contributed by atoms with Gasteiger partial charge in [-0.05, 0) is 0 Å². The molecule has 0 aromatic carbocycles. The van der Waals surface area contributed by atoms with Crippen LogP contribution in [-0.2, 0) is 0 Å². The van der Waals surface area contributed by atoms with Crippen molar-refractivity contribution in [3.63, 3.8) is 0 Å². The van der Waals surface area contributed by atoms with Crippen molar-refractivity contribution in [3.05, 3.63) is 25.2 Å². The van der Waals surface area contributed by atoms with Crippen LogP contribution in [0.5, 0.6) is 0 Å². The molecule has 0 bridgehead atoms. The number of hydrogen-bond donors (Lipinski definition) is 2. The molecule has 3 N–H and O–H groups in total. The van der Waals surface area contributed by atoms with E-state index in [9.17, 15) is 0 Å². The van der Waals surface area contributed by atoms with E-state index in [2.05, 4.69) is 26.5 Å². The van der Waals surface area contributed by atoms with Gasteiger partial charge < -0.3 is 10.7 Å². The van der Waals surface area contributed by atoms with E-state index in [1.54, 1.807) is 18.6 Å². The van der Waals surface area contributed by atoms with Crippen LogP contribution in [0.2, 0.25) is 0 Å². The predicted molar refractivity (Wildman–Crippen MR) is 55.7 cm³/mol. The van der Waals surface area contributed by atoms with Gasteiger partial charge in [0.15, 0.2) is 10.8 Å². The van der Waals surface area contributed by atoms with E-state index in [0.29, 0.717) is 10.8 Å². The van der Waals surface area contributed by atoms with Crippen molar-refractivity contribution in [2.75, 3.05) is 0 Å². The molecule has 0 radical (unpaired) electrons. The molecule has 0 aliphatic carbocycles. The number of H-pyrrole nitrogens is 1. The zero-order valence-electron chi connectivity index (χ0n) is 7.34. The lowest BCUT2D eigenvalue weighted by Crippen LogP contribution is -2.11. The van der Waals surface area contributed by atoms with Gasteiger partial charge in [0.05, 0.1) is 17.9 Å². The molecular weight excluding hydrogens is 198 g/mol. The first kappa shape index (κ1) is 9.17. The van der Waals surface area contributed by atoms with Crippen molar-refractivity contribution in [1.29, 1.82) is 0 Å². The minimum atomic E-state index is -0.189. The van der Waals surface area contributed by atoms with E-state index in [1.165, 1.54) is 11.8 Å². The van der Waals surface area contributed by atoms with E-state index >= 15 is 0 Å². The molecule has 0 saturated carbocycles. The third kappa shape index (κ3) is 1.75. The van der Waals surface area contributed by atoms with Crippen molar-refractivity contribution in [3.8, 4) is 0 Å². The maximum absolute atomic E-state index is 5.66. The third-order valence-electron chi connectivity index (χ3n) is 1.63. The Bertz CT molecular complexity index is 452. The molecule has 72 valence electrons. The molecule has 2 heterocycles. The number of thioether (sulfide) groups is 1. The maximum atomic E-state index is 5.66. The van der Waals surface area contributed by atoms with Crippen LogP contribution in [0.3, 0.4) is 0 Å². The van der Waals surface area contributed by atoms with Gasteiger partial charge in [-0.1, -0.05) is 17.8 Å². The summed E-state index contributed by atoms with van der Waals surface area (Å²) < 4.78 is 0. The van der Waals surface area contributed by atoms with E-state index in [4.69, 9.17) is 5.73 Å². The second-order valence-electron chi connectivity index (χ2n) is 2.61. The fourth-order valence-electron chi connectivity index (χ4n) is 0.947. The van der Waals surface area contributed by atoms with E-state index in [0.717, 1.165) is 5.52 Å². The molecule has 2 rings (SSSR count). The van der Waals surface area contributed by atoms with E-state index in [-0.39, 0.29) is 5.37 Å². The lowest BCUT2D eigenvalue weighted by Gasteiger charge is -2.02. The fraction of sp³-hybridized carbons (Fsp3) is 0.125. The lowest BCUT2D eigenvalue weighted by atomic mass is 10.6. The molecule has 6 heteroatoms. The highest BCUT2D eigenvalue weighted by molar-refractivity contribution is 7.99. The minimum Gasteiger partial charge on any atom is -0.342 e. The Balaban J connectivity index is 2.29. The van der Waals surface area contributed by atoms with Crippen molar-refractivity contribution in [1.82, 2.24) is 19.9 Å². The number of nitrogens with one attached hydrogen (secondary N) is 1. The van der Waals surface area contributed by atoms with Crippen molar-refractivity contribution < 1.29 is 0 Å². The zero-order chi connectivity index (χ0) is 9.97. The van der Waals surface area contributed by atoms with Crippen LogP contribution in [0.15, 0.2) is 30.3 Å². The molecule has 2 aromatic heterocycles. The van der Waals surface area contributed by atoms with Crippen LogP contribution in [0.25, 0.3) is 11.2 Å². The fourth-order valence-corrected chi connectivity index (χ4v) is 1.54. The van der Waals surface area contributed by atoms with E-state index in [1.807, 2.05) is 0 Å². The molecule has 0 aliphatic rings.